The highest BCUT2D eigenvalue weighted by atomic mass is 32.1. The number of amides is 1. The first kappa shape index (κ1) is 13.0. The first-order chi connectivity index (χ1) is 8.58. The fourth-order valence-electron chi connectivity index (χ4n) is 1.77. The van der Waals surface area contributed by atoms with Crippen molar-refractivity contribution in [3.63, 3.8) is 0 Å². The summed E-state index contributed by atoms with van der Waals surface area (Å²) >= 11 is 1.10. The SMILES string of the molecule is Cc1nc(CNC(=O)C2CCOC2)sc1C(=O)O. The lowest BCUT2D eigenvalue weighted by Crippen LogP contribution is -2.30. The quantitative estimate of drug-likeness (QED) is 0.845. The molecule has 1 atom stereocenters. The number of aromatic nitrogens is 1. The van der Waals surface area contributed by atoms with Gasteiger partial charge >= 0.3 is 5.97 Å². The van der Waals surface area contributed by atoms with Gasteiger partial charge in [-0.3, -0.25) is 4.79 Å². The van der Waals surface area contributed by atoms with Gasteiger partial charge in [0.25, 0.3) is 0 Å². The Bertz CT molecular complexity index is 466. The number of ether oxygens (including phenoxy) is 1. The number of carbonyl (C=O) groups is 2. The zero-order chi connectivity index (χ0) is 13.1. The van der Waals surface area contributed by atoms with E-state index in [0.29, 0.717) is 23.9 Å². The predicted molar refractivity (Wildman–Crippen MR) is 64.6 cm³/mol. The Kier molecular flexibility index (Phi) is 3.93. The Balaban J connectivity index is 1.91. The van der Waals surface area contributed by atoms with Gasteiger partial charge in [0, 0.05) is 6.61 Å². The third-order valence-electron chi connectivity index (χ3n) is 2.75. The molecule has 0 aliphatic carbocycles. The van der Waals surface area contributed by atoms with Gasteiger partial charge in [-0.25, -0.2) is 9.78 Å². The van der Waals surface area contributed by atoms with E-state index < -0.39 is 5.97 Å². The lowest BCUT2D eigenvalue weighted by molar-refractivity contribution is -0.125. The molecule has 0 spiro atoms. The molecular weight excluding hydrogens is 256 g/mol. The Hall–Kier alpha value is -1.47. The van der Waals surface area contributed by atoms with Gasteiger partial charge in [0.15, 0.2) is 0 Å². The van der Waals surface area contributed by atoms with Gasteiger partial charge in [-0.05, 0) is 13.3 Å². The van der Waals surface area contributed by atoms with Crippen molar-refractivity contribution < 1.29 is 19.4 Å². The van der Waals surface area contributed by atoms with Gasteiger partial charge in [0.2, 0.25) is 5.91 Å². The number of aryl methyl sites for hydroxylation is 1. The molecule has 1 unspecified atom stereocenters. The molecule has 1 aromatic rings. The summed E-state index contributed by atoms with van der Waals surface area (Å²) in [7, 11) is 0. The minimum Gasteiger partial charge on any atom is -0.477 e. The summed E-state index contributed by atoms with van der Waals surface area (Å²) in [6.07, 6.45) is 0.739. The lowest BCUT2D eigenvalue weighted by atomic mass is 10.1. The van der Waals surface area contributed by atoms with Crippen molar-refractivity contribution >= 4 is 23.2 Å². The average Bonchev–Trinajstić information content (AvgIpc) is 2.94. The second-order valence-corrected chi connectivity index (χ2v) is 5.19. The number of hydrogen-bond acceptors (Lipinski definition) is 5. The zero-order valence-electron chi connectivity index (χ0n) is 9.93. The Morgan fingerprint density at radius 2 is 2.39 bits per heavy atom. The number of rotatable bonds is 4. The van der Waals surface area contributed by atoms with Crippen LogP contribution in [0.2, 0.25) is 0 Å². The summed E-state index contributed by atoms with van der Waals surface area (Å²) < 4.78 is 5.13. The lowest BCUT2D eigenvalue weighted by Gasteiger charge is -2.07. The van der Waals surface area contributed by atoms with Crippen LogP contribution < -0.4 is 5.32 Å². The van der Waals surface area contributed by atoms with E-state index in [1.165, 1.54) is 0 Å². The Morgan fingerprint density at radius 1 is 1.61 bits per heavy atom. The predicted octanol–water partition coefficient (Wildman–Crippen LogP) is 0.802. The Morgan fingerprint density at radius 3 is 2.94 bits per heavy atom. The number of nitrogens with zero attached hydrogens (tertiary/aromatic N) is 1. The van der Waals surface area contributed by atoms with Crippen molar-refractivity contribution in [2.24, 2.45) is 5.92 Å². The summed E-state index contributed by atoms with van der Waals surface area (Å²) in [6.45, 7) is 3.00. The van der Waals surface area contributed by atoms with Crippen LogP contribution in [0.1, 0.15) is 26.8 Å². The van der Waals surface area contributed by atoms with E-state index in [1.54, 1.807) is 6.92 Å². The standard InChI is InChI=1S/C11H14N2O4S/c1-6-9(11(15)16)18-8(13-6)4-12-10(14)7-2-3-17-5-7/h7H,2-5H2,1H3,(H,12,14)(H,15,16). The van der Waals surface area contributed by atoms with Crippen LogP contribution >= 0.6 is 11.3 Å². The maximum Gasteiger partial charge on any atom is 0.347 e. The largest absolute Gasteiger partial charge is 0.477 e. The molecule has 1 fully saturated rings. The van der Waals surface area contributed by atoms with E-state index in [2.05, 4.69) is 10.3 Å². The topological polar surface area (TPSA) is 88.5 Å². The molecule has 1 aromatic heterocycles. The van der Waals surface area contributed by atoms with E-state index >= 15 is 0 Å². The fourth-order valence-corrected chi connectivity index (χ4v) is 2.62. The number of carbonyl (C=O) groups excluding carboxylic acids is 1. The van der Waals surface area contributed by atoms with Gasteiger partial charge in [-0.1, -0.05) is 0 Å². The minimum absolute atomic E-state index is 0.0581. The first-order valence-corrected chi connectivity index (χ1v) is 6.44. The maximum atomic E-state index is 11.7. The molecule has 18 heavy (non-hydrogen) atoms. The summed E-state index contributed by atoms with van der Waals surface area (Å²) in [5.41, 5.74) is 0.487. The summed E-state index contributed by atoms with van der Waals surface area (Å²) in [5, 5.41) is 12.3. The van der Waals surface area contributed by atoms with Gasteiger partial charge < -0.3 is 15.2 Å². The fraction of sp³-hybridized carbons (Fsp3) is 0.545. The molecule has 2 N–H and O–H groups in total. The number of hydrogen-bond donors (Lipinski definition) is 2. The average molecular weight is 270 g/mol. The molecule has 6 nitrogen and oxygen atoms in total. The van der Waals surface area contributed by atoms with Gasteiger partial charge in [0.1, 0.15) is 9.88 Å². The molecule has 0 aromatic carbocycles. The molecule has 0 radical (unpaired) electrons. The number of thiazole rings is 1. The van der Waals surface area contributed by atoms with Crippen molar-refractivity contribution in [3.05, 3.63) is 15.6 Å². The van der Waals surface area contributed by atoms with Crippen LogP contribution in [-0.4, -0.2) is 35.2 Å². The third-order valence-corrected chi connectivity index (χ3v) is 3.89. The van der Waals surface area contributed by atoms with Crippen LogP contribution in [0.25, 0.3) is 0 Å². The maximum absolute atomic E-state index is 11.7. The van der Waals surface area contributed by atoms with Crippen molar-refractivity contribution in [1.82, 2.24) is 10.3 Å². The van der Waals surface area contributed by atoms with Crippen molar-refractivity contribution in [2.45, 2.75) is 19.9 Å². The van der Waals surface area contributed by atoms with Crippen LogP contribution in [0.5, 0.6) is 0 Å². The molecule has 1 aliphatic heterocycles. The van der Waals surface area contributed by atoms with Crippen molar-refractivity contribution in [3.8, 4) is 0 Å². The second-order valence-electron chi connectivity index (χ2n) is 4.11. The summed E-state index contributed by atoms with van der Waals surface area (Å²) in [6, 6.07) is 0. The highest BCUT2D eigenvalue weighted by Crippen LogP contribution is 2.18. The van der Waals surface area contributed by atoms with Crippen molar-refractivity contribution in [1.29, 1.82) is 0 Å². The molecule has 1 amide bonds. The van der Waals surface area contributed by atoms with Gasteiger partial charge in [0.05, 0.1) is 24.8 Å². The van der Waals surface area contributed by atoms with Gasteiger partial charge in [-0.15, -0.1) is 11.3 Å². The van der Waals surface area contributed by atoms with E-state index in [0.717, 1.165) is 17.8 Å². The van der Waals surface area contributed by atoms with E-state index in [4.69, 9.17) is 9.84 Å². The Labute approximate surface area is 108 Å². The normalized spacial score (nSPS) is 18.8. The summed E-state index contributed by atoms with van der Waals surface area (Å²) in [4.78, 5) is 26.9. The highest BCUT2D eigenvalue weighted by molar-refractivity contribution is 7.13. The van der Waals surface area contributed by atoms with Crippen LogP contribution in [0, 0.1) is 12.8 Å². The number of carboxylic acids is 1. The first-order valence-electron chi connectivity index (χ1n) is 5.63. The van der Waals surface area contributed by atoms with Crippen LogP contribution in [0.4, 0.5) is 0 Å². The second kappa shape index (κ2) is 5.45. The number of carboxylic acid groups (broad SMARTS) is 1. The highest BCUT2D eigenvalue weighted by Gasteiger charge is 2.23. The molecule has 1 saturated heterocycles. The van der Waals surface area contributed by atoms with E-state index in [-0.39, 0.29) is 23.2 Å². The molecular formula is C11H14N2O4S. The monoisotopic (exact) mass is 270 g/mol. The third kappa shape index (κ3) is 2.85. The van der Waals surface area contributed by atoms with Gasteiger partial charge in [-0.2, -0.15) is 0 Å². The van der Waals surface area contributed by atoms with Crippen LogP contribution in [0.15, 0.2) is 0 Å². The van der Waals surface area contributed by atoms with Crippen LogP contribution in [-0.2, 0) is 16.1 Å². The molecule has 0 saturated carbocycles. The number of aromatic carboxylic acids is 1. The minimum atomic E-state index is -0.980. The summed E-state index contributed by atoms with van der Waals surface area (Å²) in [5.74, 6) is -1.13. The molecule has 0 bridgehead atoms. The zero-order valence-corrected chi connectivity index (χ0v) is 10.7. The molecule has 1 aliphatic rings. The van der Waals surface area contributed by atoms with Crippen LogP contribution in [0.3, 0.4) is 0 Å². The molecule has 7 heteroatoms. The van der Waals surface area contributed by atoms with E-state index in [1.807, 2.05) is 0 Å². The molecule has 2 heterocycles. The number of nitrogens with one attached hydrogen (secondary N) is 1. The molecule has 2 rings (SSSR count). The molecule has 98 valence electrons. The van der Waals surface area contributed by atoms with Crippen molar-refractivity contribution in [2.75, 3.05) is 13.2 Å². The smallest absolute Gasteiger partial charge is 0.347 e. The van der Waals surface area contributed by atoms with E-state index in [9.17, 15) is 9.59 Å².